The van der Waals surface area contributed by atoms with E-state index in [-0.39, 0.29) is 15.9 Å². The van der Waals surface area contributed by atoms with Gasteiger partial charge in [0.1, 0.15) is 0 Å². The van der Waals surface area contributed by atoms with E-state index in [9.17, 15) is 13.2 Å². The van der Waals surface area contributed by atoms with Crippen LogP contribution in [0.2, 0.25) is 0 Å². The van der Waals surface area contributed by atoms with E-state index in [0.717, 1.165) is 22.9 Å². The Kier molecular flexibility index (Phi) is 6.78. The average Bonchev–Trinajstić information content (AvgIpc) is 3.40. The maximum absolute atomic E-state index is 13.7. The van der Waals surface area contributed by atoms with Gasteiger partial charge in [-0.05, 0) is 30.2 Å². The number of hydrogen-bond donors (Lipinski definition) is 0. The van der Waals surface area contributed by atoms with E-state index in [1.165, 1.54) is 31.3 Å². The molecule has 4 rings (SSSR count). The first kappa shape index (κ1) is 23.0. The van der Waals surface area contributed by atoms with Crippen LogP contribution in [0.25, 0.3) is 0 Å². The SMILES string of the molecule is CC(OS(=O)(=O)c1ccccc1)(C(=O)SC(c1ccccc1)c1ccccc1)c1ccno1. The lowest BCUT2D eigenvalue weighted by Gasteiger charge is -2.27. The van der Waals surface area contributed by atoms with Crippen LogP contribution in [-0.2, 0) is 24.7 Å². The zero-order valence-corrected chi connectivity index (χ0v) is 19.3. The summed E-state index contributed by atoms with van der Waals surface area (Å²) >= 11 is 0.976. The van der Waals surface area contributed by atoms with Crippen LogP contribution in [-0.4, -0.2) is 18.7 Å². The minimum absolute atomic E-state index is 0.000575. The second-order valence-electron chi connectivity index (χ2n) is 7.37. The fourth-order valence-corrected chi connectivity index (χ4v) is 5.70. The third kappa shape index (κ3) is 5.08. The highest BCUT2D eigenvalue weighted by molar-refractivity contribution is 8.14. The minimum atomic E-state index is -4.28. The van der Waals surface area contributed by atoms with Crippen molar-refractivity contribution in [3.05, 3.63) is 120 Å². The summed E-state index contributed by atoms with van der Waals surface area (Å²) in [5.41, 5.74) is -0.141. The molecule has 3 aromatic carbocycles. The Balaban J connectivity index is 1.72. The van der Waals surface area contributed by atoms with Crippen LogP contribution in [0.15, 0.2) is 113 Å². The molecule has 4 aromatic rings. The second-order valence-corrected chi connectivity index (χ2v) is 9.99. The molecule has 0 aliphatic heterocycles. The van der Waals surface area contributed by atoms with E-state index in [0.29, 0.717) is 0 Å². The number of carbonyl (C=O) groups excluding carboxylic acids is 1. The van der Waals surface area contributed by atoms with Crippen LogP contribution in [0.1, 0.15) is 29.1 Å². The van der Waals surface area contributed by atoms with Crippen molar-refractivity contribution in [3.8, 4) is 0 Å². The van der Waals surface area contributed by atoms with Crippen LogP contribution in [0, 0.1) is 0 Å². The molecule has 0 saturated carbocycles. The van der Waals surface area contributed by atoms with Gasteiger partial charge < -0.3 is 4.52 Å². The lowest BCUT2D eigenvalue weighted by atomic mass is 10.0. The van der Waals surface area contributed by atoms with Crippen molar-refractivity contribution in [3.63, 3.8) is 0 Å². The fraction of sp³-hybridized carbons (Fsp3) is 0.120. The monoisotopic (exact) mass is 479 g/mol. The highest BCUT2D eigenvalue weighted by Crippen LogP contribution is 2.42. The number of nitrogens with zero attached hydrogens (tertiary/aromatic N) is 1. The molecular weight excluding hydrogens is 458 g/mol. The van der Waals surface area contributed by atoms with Gasteiger partial charge in [0.2, 0.25) is 10.7 Å². The summed E-state index contributed by atoms with van der Waals surface area (Å²) in [6.45, 7) is 1.39. The fourth-order valence-electron chi connectivity index (χ4n) is 3.30. The quantitative estimate of drug-likeness (QED) is 0.315. The summed E-state index contributed by atoms with van der Waals surface area (Å²) in [7, 11) is -4.28. The molecule has 0 spiro atoms. The Morgan fingerprint density at radius 1 is 0.879 bits per heavy atom. The first-order chi connectivity index (χ1) is 15.9. The third-order valence-electron chi connectivity index (χ3n) is 5.04. The molecule has 1 heterocycles. The number of hydrogen-bond acceptors (Lipinski definition) is 7. The van der Waals surface area contributed by atoms with Gasteiger partial charge in [-0.3, -0.25) is 4.79 Å². The Morgan fingerprint density at radius 3 is 1.88 bits per heavy atom. The largest absolute Gasteiger partial charge is 0.358 e. The summed E-state index contributed by atoms with van der Waals surface area (Å²) in [5, 5.41) is 2.74. The van der Waals surface area contributed by atoms with Gasteiger partial charge in [0.05, 0.1) is 16.3 Å². The van der Waals surface area contributed by atoms with E-state index in [1.54, 1.807) is 18.2 Å². The Labute approximate surface area is 196 Å². The molecule has 0 aliphatic rings. The van der Waals surface area contributed by atoms with E-state index >= 15 is 0 Å². The van der Waals surface area contributed by atoms with Crippen LogP contribution in [0.3, 0.4) is 0 Å². The topological polar surface area (TPSA) is 86.5 Å². The summed E-state index contributed by atoms with van der Waals surface area (Å²) in [6, 6.07) is 28.1. The average molecular weight is 480 g/mol. The van der Waals surface area contributed by atoms with Crippen LogP contribution < -0.4 is 0 Å². The van der Waals surface area contributed by atoms with Gasteiger partial charge in [-0.25, -0.2) is 4.18 Å². The molecule has 1 unspecified atom stereocenters. The number of aromatic nitrogens is 1. The lowest BCUT2D eigenvalue weighted by molar-refractivity contribution is -0.125. The zero-order chi connectivity index (χ0) is 23.3. The molecule has 168 valence electrons. The van der Waals surface area contributed by atoms with Crippen LogP contribution in [0.5, 0.6) is 0 Å². The Morgan fingerprint density at radius 2 is 1.39 bits per heavy atom. The molecule has 8 heteroatoms. The molecule has 0 fully saturated rings. The predicted molar refractivity (Wildman–Crippen MR) is 126 cm³/mol. The highest BCUT2D eigenvalue weighted by Gasteiger charge is 2.46. The molecule has 0 bridgehead atoms. The first-order valence-electron chi connectivity index (χ1n) is 10.1. The van der Waals surface area contributed by atoms with Crippen molar-refractivity contribution in [2.45, 2.75) is 22.7 Å². The van der Waals surface area contributed by atoms with Crippen molar-refractivity contribution < 1.29 is 21.9 Å². The second kappa shape index (κ2) is 9.74. The van der Waals surface area contributed by atoms with E-state index < -0.39 is 20.8 Å². The third-order valence-corrected chi connectivity index (χ3v) is 7.82. The lowest BCUT2D eigenvalue weighted by Crippen LogP contribution is -2.36. The van der Waals surface area contributed by atoms with E-state index in [4.69, 9.17) is 8.71 Å². The standard InChI is InChI=1S/C25H21NO5S2/c1-25(22-17-18-26-30-22,31-33(28,29)21-15-9-4-10-16-21)24(27)32-23(19-11-5-2-6-12-19)20-13-7-3-8-14-20/h2-18,23H,1H3. The number of thioether (sulfide) groups is 1. The molecule has 33 heavy (non-hydrogen) atoms. The number of benzene rings is 3. The minimum Gasteiger partial charge on any atom is -0.358 e. The summed E-state index contributed by atoms with van der Waals surface area (Å²) in [4.78, 5) is 13.7. The van der Waals surface area contributed by atoms with Crippen molar-refractivity contribution >= 4 is 27.0 Å². The molecule has 0 N–H and O–H groups in total. The van der Waals surface area contributed by atoms with Crippen LogP contribution in [0.4, 0.5) is 0 Å². The van der Waals surface area contributed by atoms with Gasteiger partial charge >= 0.3 is 0 Å². The number of carbonyl (C=O) groups is 1. The Hall–Kier alpha value is -3.20. The zero-order valence-electron chi connectivity index (χ0n) is 17.7. The number of rotatable bonds is 8. The van der Waals surface area contributed by atoms with Gasteiger partial charge in [0.15, 0.2) is 5.76 Å². The molecule has 0 amide bonds. The maximum atomic E-state index is 13.7. The predicted octanol–water partition coefficient (Wildman–Crippen LogP) is 5.34. The van der Waals surface area contributed by atoms with Crippen molar-refractivity contribution in [2.75, 3.05) is 0 Å². The first-order valence-corrected chi connectivity index (χ1v) is 12.4. The Bertz CT molecular complexity index is 1260. The van der Waals surface area contributed by atoms with Crippen molar-refractivity contribution in [2.24, 2.45) is 0 Å². The highest BCUT2D eigenvalue weighted by atomic mass is 32.2. The molecule has 0 saturated heterocycles. The van der Waals surface area contributed by atoms with Gasteiger partial charge in [-0.1, -0.05) is 95.8 Å². The summed E-state index contributed by atoms with van der Waals surface area (Å²) in [5.74, 6) is -0.000575. The molecule has 0 aliphatic carbocycles. The normalized spacial score (nSPS) is 13.5. The van der Waals surface area contributed by atoms with Crippen molar-refractivity contribution in [1.29, 1.82) is 0 Å². The summed E-state index contributed by atoms with van der Waals surface area (Å²) in [6.07, 6.45) is 1.34. The van der Waals surface area contributed by atoms with E-state index in [2.05, 4.69) is 5.16 Å². The smallest absolute Gasteiger partial charge is 0.298 e. The molecule has 0 radical (unpaired) electrons. The van der Waals surface area contributed by atoms with E-state index in [1.807, 2.05) is 60.7 Å². The van der Waals surface area contributed by atoms with Crippen molar-refractivity contribution in [1.82, 2.24) is 5.16 Å². The van der Waals surface area contributed by atoms with Gasteiger partial charge in [-0.15, -0.1) is 0 Å². The van der Waals surface area contributed by atoms with Gasteiger partial charge in [0.25, 0.3) is 10.1 Å². The molecular formula is C25H21NO5S2. The molecule has 1 aromatic heterocycles. The molecule has 6 nitrogen and oxygen atoms in total. The summed E-state index contributed by atoms with van der Waals surface area (Å²) < 4.78 is 36.8. The van der Waals surface area contributed by atoms with Gasteiger partial charge in [-0.2, -0.15) is 8.42 Å². The van der Waals surface area contributed by atoms with Gasteiger partial charge in [0, 0.05) is 6.07 Å². The maximum Gasteiger partial charge on any atom is 0.298 e. The molecule has 1 atom stereocenters. The van der Waals surface area contributed by atoms with Crippen LogP contribution >= 0.6 is 11.8 Å².